The predicted octanol–water partition coefficient (Wildman–Crippen LogP) is 5.04. The minimum Gasteiger partial charge on any atom is -0.462 e. The second kappa shape index (κ2) is 7.54. The van der Waals surface area contributed by atoms with Crippen molar-refractivity contribution in [2.75, 3.05) is 6.61 Å². The SMILES string of the molecule is CCOC(=O)c1c(-c2ccccc2)noc1CO[Si](C)(C)C(C)(C)C. The lowest BCUT2D eigenvalue weighted by molar-refractivity contribution is 0.0521. The van der Waals surface area contributed by atoms with Crippen molar-refractivity contribution in [3.63, 3.8) is 0 Å². The lowest BCUT2D eigenvalue weighted by atomic mass is 10.1. The summed E-state index contributed by atoms with van der Waals surface area (Å²) in [7, 11) is -1.97. The monoisotopic (exact) mass is 361 g/mol. The van der Waals surface area contributed by atoms with Crippen molar-refractivity contribution in [2.24, 2.45) is 0 Å². The molecule has 0 saturated heterocycles. The van der Waals surface area contributed by atoms with Crippen LogP contribution in [0.5, 0.6) is 0 Å². The van der Waals surface area contributed by atoms with Crippen LogP contribution < -0.4 is 0 Å². The lowest BCUT2D eigenvalue weighted by Crippen LogP contribution is -2.40. The molecule has 6 heteroatoms. The number of hydrogen-bond acceptors (Lipinski definition) is 5. The molecule has 0 bridgehead atoms. The lowest BCUT2D eigenvalue weighted by Gasteiger charge is -2.35. The van der Waals surface area contributed by atoms with Gasteiger partial charge in [0.15, 0.2) is 14.1 Å². The summed E-state index contributed by atoms with van der Waals surface area (Å²) in [6.45, 7) is 13.1. The number of hydrogen-bond donors (Lipinski definition) is 0. The van der Waals surface area contributed by atoms with Crippen LogP contribution in [-0.2, 0) is 15.8 Å². The van der Waals surface area contributed by atoms with E-state index in [-0.39, 0.29) is 11.6 Å². The van der Waals surface area contributed by atoms with Gasteiger partial charge in [0.25, 0.3) is 0 Å². The Labute approximate surface area is 150 Å². The van der Waals surface area contributed by atoms with Crippen LogP contribution in [0.15, 0.2) is 34.9 Å². The van der Waals surface area contributed by atoms with Crippen LogP contribution in [0.4, 0.5) is 0 Å². The van der Waals surface area contributed by atoms with Crippen molar-refractivity contribution in [1.29, 1.82) is 0 Å². The molecule has 2 aromatic rings. The molecule has 0 N–H and O–H groups in total. The van der Waals surface area contributed by atoms with Crippen LogP contribution in [0, 0.1) is 0 Å². The second-order valence-corrected chi connectivity index (χ2v) is 12.3. The van der Waals surface area contributed by atoms with Gasteiger partial charge in [-0.2, -0.15) is 0 Å². The quantitative estimate of drug-likeness (QED) is 0.533. The molecule has 0 saturated carbocycles. The molecule has 0 fully saturated rings. The van der Waals surface area contributed by atoms with E-state index in [1.54, 1.807) is 6.92 Å². The Balaban J connectivity index is 2.36. The van der Waals surface area contributed by atoms with Gasteiger partial charge in [0.1, 0.15) is 11.3 Å². The first-order chi connectivity index (χ1) is 11.7. The van der Waals surface area contributed by atoms with E-state index in [0.29, 0.717) is 23.6 Å². The summed E-state index contributed by atoms with van der Waals surface area (Å²) in [6.07, 6.45) is 0. The second-order valence-electron chi connectivity index (χ2n) is 7.46. The van der Waals surface area contributed by atoms with Gasteiger partial charge in [-0.15, -0.1) is 0 Å². The largest absolute Gasteiger partial charge is 0.462 e. The molecule has 5 nitrogen and oxygen atoms in total. The van der Waals surface area contributed by atoms with Crippen LogP contribution in [0.25, 0.3) is 11.3 Å². The molecular formula is C19H27NO4Si. The minimum absolute atomic E-state index is 0.0688. The summed E-state index contributed by atoms with van der Waals surface area (Å²) in [5, 5.41) is 4.18. The number of carbonyl (C=O) groups excluding carboxylic acids is 1. The van der Waals surface area contributed by atoms with Crippen molar-refractivity contribution in [1.82, 2.24) is 5.16 Å². The van der Waals surface area contributed by atoms with Crippen LogP contribution in [0.3, 0.4) is 0 Å². The van der Waals surface area contributed by atoms with Crippen LogP contribution in [0.2, 0.25) is 18.1 Å². The Bertz CT molecular complexity index is 717. The van der Waals surface area contributed by atoms with Crippen molar-refractivity contribution in [2.45, 2.75) is 52.4 Å². The first-order valence-corrected chi connectivity index (χ1v) is 11.4. The fourth-order valence-electron chi connectivity index (χ4n) is 2.09. The highest BCUT2D eigenvalue weighted by molar-refractivity contribution is 6.74. The average molecular weight is 362 g/mol. The molecule has 0 aliphatic heterocycles. The molecule has 0 aliphatic rings. The normalized spacial score (nSPS) is 12.2. The summed E-state index contributed by atoms with van der Waals surface area (Å²) < 4.78 is 16.9. The molecule has 0 amide bonds. The zero-order valence-corrected chi connectivity index (χ0v) is 16.9. The van der Waals surface area contributed by atoms with Crippen LogP contribution in [0.1, 0.15) is 43.8 Å². The van der Waals surface area contributed by atoms with Gasteiger partial charge in [-0.05, 0) is 25.1 Å². The van der Waals surface area contributed by atoms with Gasteiger partial charge in [0.2, 0.25) is 0 Å². The third kappa shape index (κ3) is 4.38. The maximum Gasteiger partial charge on any atom is 0.344 e. The molecule has 1 heterocycles. The summed E-state index contributed by atoms with van der Waals surface area (Å²) in [6, 6.07) is 9.47. The van der Waals surface area contributed by atoms with Gasteiger partial charge in [0.05, 0.1) is 13.2 Å². The van der Waals surface area contributed by atoms with E-state index < -0.39 is 14.3 Å². The molecule has 0 aliphatic carbocycles. The topological polar surface area (TPSA) is 61.6 Å². The molecule has 0 unspecified atom stereocenters. The number of benzene rings is 1. The van der Waals surface area contributed by atoms with Gasteiger partial charge in [0, 0.05) is 5.56 Å². The highest BCUT2D eigenvalue weighted by Crippen LogP contribution is 2.37. The number of aromatic nitrogens is 1. The van der Waals surface area contributed by atoms with Gasteiger partial charge in [-0.1, -0.05) is 56.3 Å². The zero-order valence-electron chi connectivity index (χ0n) is 15.9. The van der Waals surface area contributed by atoms with E-state index in [2.05, 4.69) is 39.0 Å². The van der Waals surface area contributed by atoms with Crippen molar-refractivity contribution >= 4 is 14.3 Å². The van der Waals surface area contributed by atoms with Gasteiger partial charge in [-0.25, -0.2) is 4.79 Å². The van der Waals surface area contributed by atoms with Gasteiger partial charge < -0.3 is 13.7 Å². The number of carbonyl (C=O) groups is 1. The van der Waals surface area contributed by atoms with Crippen LogP contribution >= 0.6 is 0 Å². The summed E-state index contributed by atoms with van der Waals surface area (Å²) in [5.74, 6) is -0.0152. The third-order valence-corrected chi connectivity index (χ3v) is 9.14. The highest BCUT2D eigenvalue weighted by Gasteiger charge is 2.38. The number of ether oxygens (including phenoxy) is 1. The average Bonchev–Trinajstić information content (AvgIpc) is 2.97. The van der Waals surface area contributed by atoms with Crippen molar-refractivity contribution in [3.8, 4) is 11.3 Å². The Kier molecular flexibility index (Phi) is 5.85. The standard InChI is InChI=1S/C19H27NO4Si/c1-7-22-18(21)16-15(13-23-25(5,6)19(2,3)4)24-20-17(16)14-11-9-8-10-12-14/h8-12H,7,13H2,1-6H3. The van der Waals surface area contributed by atoms with E-state index in [1.807, 2.05) is 30.3 Å². The molecule has 25 heavy (non-hydrogen) atoms. The third-order valence-electron chi connectivity index (χ3n) is 4.66. The van der Waals surface area contributed by atoms with Crippen molar-refractivity contribution in [3.05, 3.63) is 41.7 Å². The van der Waals surface area contributed by atoms with E-state index in [0.717, 1.165) is 5.56 Å². The first-order valence-electron chi connectivity index (χ1n) is 8.52. The molecular weight excluding hydrogens is 334 g/mol. The summed E-state index contributed by atoms with van der Waals surface area (Å²) >= 11 is 0. The Hall–Kier alpha value is -1.92. The Morgan fingerprint density at radius 1 is 1.20 bits per heavy atom. The molecule has 0 radical (unpaired) electrons. The fourth-order valence-corrected chi connectivity index (χ4v) is 3.02. The van der Waals surface area contributed by atoms with Crippen LogP contribution in [-0.4, -0.2) is 26.1 Å². The van der Waals surface area contributed by atoms with E-state index >= 15 is 0 Å². The fraction of sp³-hybridized carbons (Fsp3) is 0.474. The summed E-state index contributed by atoms with van der Waals surface area (Å²) in [4.78, 5) is 12.5. The van der Waals surface area contributed by atoms with E-state index in [9.17, 15) is 4.79 Å². The van der Waals surface area contributed by atoms with Gasteiger partial charge in [-0.3, -0.25) is 0 Å². The minimum atomic E-state index is -1.97. The van der Waals surface area contributed by atoms with E-state index in [4.69, 9.17) is 13.7 Å². The first kappa shape index (κ1) is 19.4. The predicted molar refractivity (Wildman–Crippen MR) is 99.9 cm³/mol. The van der Waals surface area contributed by atoms with Crippen molar-refractivity contribution < 1.29 is 18.5 Å². The molecule has 136 valence electrons. The molecule has 1 aromatic carbocycles. The molecule has 0 atom stereocenters. The summed E-state index contributed by atoms with van der Waals surface area (Å²) in [5.41, 5.74) is 1.66. The van der Waals surface area contributed by atoms with E-state index in [1.165, 1.54) is 0 Å². The maximum absolute atomic E-state index is 12.5. The highest BCUT2D eigenvalue weighted by atomic mass is 28.4. The molecule has 1 aromatic heterocycles. The Morgan fingerprint density at radius 2 is 1.84 bits per heavy atom. The maximum atomic E-state index is 12.5. The number of rotatable bonds is 6. The number of nitrogens with zero attached hydrogens (tertiary/aromatic N) is 1. The zero-order chi connectivity index (χ0) is 18.7. The Morgan fingerprint density at radius 3 is 2.40 bits per heavy atom. The number of esters is 1. The van der Waals surface area contributed by atoms with Gasteiger partial charge >= 0.3 is 5.97 Å². The smallest absolute Gasteiger partial charge is 0.344 e. The molecule has 0 spiro atoms. The molecule has 2 rings (SSSR count).